The Kier molecular flexibility index (Phi) is 5.63. The number of hydrogen-bond acceptors (Lipinski definition) is 3. The second-order valence-electron chi connectivity index (χ2n) is 12.9. The maximum absolute atomic E-state index is 6.29. The summed E-state index contributed by atoms with van der Waals surface area (Å²) in [6.45, 7) is 0. The fourth-order valence-electron chi connectivity index (χ4n) is 8.03. The maximum atomic E-state index is 6.29. The predicted molar refractivity (Wildman–Crippen MR) is 207 cm³/mol. The van der Waals surface area contributed by atoms with Crippen molar-refractivity contribution in [1.29, 1.82) is 0 Å². The standard InChI is InChI=1S/C46H27N3O/c1-2-13-28(14-3-1)42-34-26-25-29(27-39(34)49-38-22-10-7-16-31(38)30-15-4-5-17-32(30)45(42)49)46-47-37-21-9-6-18-33(37)44(48-46)36-20-12-24-41-43(36)35-19-8-11-23-40(35)50-41/h1-27H. The third-order valence-corrected chi connectivity index (χ3v) is 10.2. The zero-order chi connectivity index (χ0) is 32.8. The number of fused-ring (bicyclic) bond motifs is 12. The van der Waals surface area contributed by atoms with Crippen molar-refractivity contribution in [3.63, 3.8) is 0 Å². The summed E-state index contributed by atoms with van der Waals surface area (Å²) in [5.74, 6) is 0.687. The fourth-order valence-corrected chi connectivity index (χ4v) is 8.03. The largest absolute Gasteiger partial charge is 0.456 e. The first-order valence-electron chi connectivity index (χ1n) is 16.9. The first-order chi connectivity index (χ1) is 24.8. The van der Waals surface area contributed by atoms with Crippen LogP contribution in [0.15, 0.2) is 168 Å². The molecule has 232 valence electrons. The molecule has 7 aromatic carbocycles. The third kappa shape index (κ3) is 3.81. The van der Waals surface area contributed by atoms with Crippen molar-refractivity contribution >= 4 is 70.9 Å². The number of furan rings is 1. The lowest BCUT2D eigenvalue weighted by Gasteiger charge is -2.12. The smallest absolute Gasteiger partial charge is 0.160 e. The molecule has 0 amide bonds. The number of rotatable bonds is 3. The Hall–Kier alpha value is -6.78. The molecule has 4 aromatic heterocycles. The highest BCUT2D eigenvalue weighted by molar-refractivity contribution is 6.22. The number of aromatic nitrogens is 3. The average Bonchev–Trinajstić information content (AvgIpc) is 3.74. The van der Waals surface area contributed by atoms with Crippen molar-refractivity contribution in [1.82, 2.24) is 14.4 Å². The van der Waals surface area contributed by atoms with Crippen molar-refractivity contribution in [3.8, 4) is 33.8 Å². The van der Waals surface area contributed by atoms with Crippen LogP contribution >= 0.6 is 0 Å². The molecule has 4 heterocycles. The van der Waals surface area contributed by atoms with Crippen LogP contribution in [0.3, 0.4) is 0 Å². The summed E-state index contributed by atoms with van der Waals surface area (Å²) in [5.41, 5.74) is 11.4. The van der Waals surface area contributed by atoms with E-state index in [1.807, 2.05) is 24.3 Å². The Morgan fingerprint density at radius 3 is 2.02 bits per heavy atom. The van der Waals surface area contributed by atoms with Crippen LogP contribution in [0.2, 0.25) is 0 Å². The molecule has 0 saturated heterocycles. The van der Waals surface area contributed by atoms with E-state index >= 15 is 0 Å². The molecular formula is C46H27N3O. The summed E-state index contributed by atoms with van der Waals surface area (Å²) >= 11 is 0. The number of para-hydroxylation sites is 3. The second-order valence-corrected chi connectivity index (χ2v) is 12.9. The van der Waals surface area contributed by atoms with E-state index in [9.17, 15) is 0 Å². The first-order valence-corrected chi connectivity index (χ1v) is 16.9. The lowest BCUT2D eigenvalue weighted by molar-refractivity contribution is 0.669. The van der Waals surface area contributed by atoms with Gasteiger partial charge in [-0.3, -0.25) is 0 Å². The van der Waals surface area contributed by atoms with E-state index in [4.69, 9.17) is 14.4 Å². The lowest BCUT2D eigenvalue weighted by Crippen LogP contribution is -1.96. The zero-order valence-corrected chi connectivity index (χ0v) is 26.8. The molecule has 0 bridgehead atoms. The Balaban J connectivity index is 1.24. The highest BCUT2D eigenvalue weighted by Gasteiger charge is 2.21. The maximum Gasteiger partial charge on any atom is 0.160 e. The van der Waals surface area contributed by atoms with Crippen molar-refractivity contribution in [2.24, 2.45) is 0 Å². The molecule has 0 atom stereocenters. The molecule has 4 heteroatoms. The van der Waals surface area contributed by atoms with Gasteiger partial charge in [-0.1, -0.05) is 133 Å². The van der Waals surface area contributed by atoms with E-state index < -0.39 is 0 Å². The summed E-state index contributed by atoms with van der Waals surface area (Å²) in [7, 11) is 0. The molecule has 0 saturated carbocycles. The van der Waals surface area contributed by atoms with Gasteiger partial charge in [-0.05, 0) is 41.3 Å². The van der Waals surface area contributed by atoms with Crippen molar-refractivity contribution in [3.05, 3.63) is 164 Å². The summed E-state index contributed by atoms with van der Waals surface area (Å²) in [6, 6.07) is 57.7. The van der Waals surface area contributed by atoms with Crippen LogP contribution in [0.25, 0.3) is 105 Å². The SMILES string of the molecule is c1ccc(-c2c3ccc(-c4nc(-c5cccc6oc7ccccc7c56)c5ccccc5n4)cc3n3c4ccccc4c4ccccc4c23)cc1. The molecule has 50 heavy (non-hydrogen) atoms. The number of pyridine rings is 1. The van der Waals surface area contributed by atoms with Gasteiger partial charge in [0.25, 0.3) is 0 Å². The molecule has 0 fully saturated rings. The van der Waals surface area contributed by atoms with Crippen molar-refractivity contribution < 1.29 is 4.42 Å². The molecule has 0 aliphatic rings. The summed E-state index contributed by atoms with van der Waals surface area (Å²) in [5, 5.41) is 8.05. The monoisotopic (exact) mass is 637 g/mol. The van der Waals surface area contributed by atoms with Crippen LogP contribution in [0.5, 0.6) is 0 Å². The number of nitrogens with zero attached hydrogens (tertiary/aromatic N) is 3. The summed E-state index contributed by atoms with van der Waals surface area (Å²) < 4.78 is 8.73. The van der Waals surface area contributed by atoms with Gasteiger partial charge in [0.05, 0.1) is 27.8 Å². The van der Waals surface area contributed by atoms with Crippen LogP contribution in [0.4, 0.5) is 0 Å². The van der Waals surface area contributed by atoms with Gasteiger partial charge in [-0.15, -0.1) is 0 Å². The summed E-state index contributed by atoms with van der Waals surface area (Å²) in [6.07, 6.45) is 0. The second kappa shape index (κ2) is 10.4. The van der Waals surface area contributed by atoms with Crippen molar-refractivity contribution in [2.75, 3.05) is 0 Å². The third-order valence-electron chi connectivity index (χ3n) is 10.2. The quantitative estimate of drug-likeness (QED) is 0.181. The molecular weight excluding hydrogens is 611 g/mol. The lowest BCUT2D eigenvalue weighted by atomic mass is 9.98. The van der Waals surface area contributed by atoms with Crippen LogP contribution in [-0.2, 0) is 0 Å². The van der Waals surface area contributed by atoms with Gasteiger partial charge < -0.3 is 8.82 Å². The van der Waals surface area contributed by atoms with Gasteiger partial charge in [0.2, 0.25) is 0 Å². The fraction of sp³-hybridized carbons (Fsp3) is 0. The molecule has 11 rings (SSSR count). The van der Waals surface area contributed by atoms with E-state index in [1.54, 1.807) is 0 Å². The van der Waals surface area contributed by atoms with Crippen molar-refractivity contribution in [2.45, 2.75) is 0 Å². The normalized spacial score (nSPS) is 12.0. The molecule has 11 aromatic rings. The molecule has 0 unspecified atom stereocenters. The van der Waals surface area contributed by atoms with E-state index in [0.717, 1.165) is 55.2 Å². The van der Waals surface area contributed by atoms with E-state index in [-0.39, 0.29) is 0 Å². The minimum absolute atomic E-state index is 0.687. The minimum Gasteiger partial charge on any atom is -0.456 e. The molecule has 0 radical (unpaired) electrons. The average molecular weight is 638 g/mol. The predicted octanol–water partition coefficient (Wildman–Crippen LogP) is 12.2. The molecule has 4 nitrogen and oxygen atoms in total. The first kappa shape index (κ1) is 27.2. The van der Waals surface area contributed by atoms with Crippen LogP contribution in [0, 0.1) is 0 Å². The highest BCUT2D eigenvalue weighted by atomic mass is 16.3. The van der Waals surface area contributed by atoms with Gasteiger partial charge in [-0.25, -0.2) is 9.97 Å². The Morgan fingerprint density at radius 1 is 0.440 bits per heavy atom. The van der Waals surface area contributed by atoms with Crippen LogP contribution in [0.1, 0.15) is 0 Å². The summed E-state index contributed by atoms with van der Waals surface area (Å²) in [4.78, 5) is 10.6. The van der Waals surface area contributed by atoms with Gasteiger partial charge in [0.15, 0.2) is 5.82 Å². The molecule has 0 N–H and O–H groups in total. The van der Waals surface area contributed by atoms with E-state index in [0.29, 0.717) is 5.82 Å². The van der Waals surface area contributed by atoms with Crippen LogP contribution < -0.4 is 0 Å². The van der Waals surface area contributed by atoms with E-state index in [2.05, 4.69) is 144 Å². The highest BCUT2D eigenvalue weighted by Crippen LogP contribution is 2.44. The van der Waals surface area contributed by atoms with Gasteiger partial charge in [0, 0.05) is 49.0 Å². The van der Waals surface area contributed by atoms with Gasteiger partial charge >= 0.3 is 0 Å². The molecule has 0 aliphatic heterocycles. The number of hydrogen-bond donors (Lipinski definition) is 0. The molecule has 0 spiro atoms. The minimum atomic E-state index is 0.687. The van der Waals surface area contributed by atoms with Gasteiger partial charge in [-0.2, -0.15) is 0 Å². The Bertz CT molecular complexity index is 3150. The topological polar surface area (TPSA) is 43.3 Å². The zero-order valence-electron chi connectivity index (χ0n) is 26.8. The molecule has 0 aliphatic carbocycles. The Labute approximate surface area is 286 Å². The van der Waals surface area contributed by atoms with E-state index in [1.165, 1.54) is 43.7 Å². The van der Waals surface area contributed by atoms with Crippen LogP contribution in [-0.4, -0.2) is 14.4 Å². The van der Waals surface area contributed by atoms with Gasteiger partial charge in [0.1, 0.15) is 11.2 Å². The number of benzene rings is 7. The Morgan fingerprint density at radius 2 is 1.14 bits per heavy atom.